The van der Waals surface area contributed by atoms with Crippen LogP contribution in [0.4, 0.5) is 19.2 Å². The molecule has 0 unspecified atom stereocenters. The lowest BCUT2D eigenvalue weighted by molar-refractivity contribution is -0.205. The van der Waals surface area contributed by atoms with Crippen molar-refractivity contribution < 1.29 is 57.3 Å². The number of ether oxygens (including phenoxy) is 4. The van der Waals surface area contributed by atoms with Crippen molar-refractivity contribution in [2.75, 3.05) is 19.6 Å². The summed E-state index contributed by atoms with van der Waals surface area (Å²) in [4.78, 5) is 95.8. The summed E-state index contributed by atoms with van der Waals surface area (Å²) >= 11 is 0. The topological polar surface area (TPSA) is 229 Å². The molecule has 18 heteroatoms. The lowest BCUT2D eigenvalue weighted by Gasteiger charge is -2.33. The minimum Gasteiger partial charge on any atom is -0.445 e. The molecule has 0 aromatic heterocycles. The summed E-state index contributed by atoms with van der Waals surface area (Å²) in [5.74, 6) is -2.40. The standard InChI is InChI=1S/C41H58N6O12/c1-40(2,3)57-38(53)45-30(20-13-23-42-36(51)55-26-28-16-9-7-10-17-28)33(48)44-31-22-15-25-47(34(31)49)59-35(50)32(46-39(54)58-41(4,5)6)21-14-24-43-37(52)56-27-29-18-11-8-12-19-29/h7-12,16-19,30-32H,13-15,20-27H2,1-6H3,(H,42,51)(H,43,52)(H,44,48)(H,45,53)(H,46,54)/t30-,31-,32+/m0/s1. The molecule has 324 valence electrons. The molecular weight excluding hydrogens is 768 g/mol. The van der Waals surface area contributed by atoms with Crippen molar-refractivity contribution in [3.05, 3.63) is 71.8 Å². The molecule has 2 aromatic rings. The highest BCUT2D eigenvalue weighted by molar-refractivity contribution is 5.92. The number of piperidine rings is 1. The van der Waals surface area contributed by atoms with Crippen LogP contribution in [-0.4, -0.2) is 96.2 Å². The van der Waals surface area contributed by atoms with Crippen LogP contribution < -0.4 is 26.6 Å². The van der Waals surface area contributed by atoms with Gasteiger partial charge in [-0.2, -0.15) is 5.06 Å². The average molecular weight is 827 g/mol. The Kier molecular flexibility index (Phi) is 18.7. The smallest absolute Gasteiger partial charge is 0.408 e. The van der Waals surface area contributed by atoms with E-state index in [9.17, 15) is 33.6 Å². The van der Waals surface area contributed by atoms with Crippen LogP contribution in [0.2, 0.25) is 0 Å². The maximum Gasteiger partial charge on any atom is 0.408 e. The first-order chi connectivity index (χ1) is 27.9. The van der Waals surface area contributed by atoms with Gasteiger partial charge in [0.2, 0.25) is 5.91 Å². The number of amides is 6. The Balaban J connectivity index is 1.57. The van der Waals surface area contributed by atoms with Gasteiger partial charge in [-0.1, -0.05) is 60.7 Å². The Morgan fingerprint density at radius 1 is 0.678 bits per heavy atom. The Labute approximate surface area is 344 Å². The number of rotatable bonds is 18. The van der Waals surface area contributed by atoms with Crippen molar-refractivity contribution >= 4 is 42.2 Å². The van der Waals surface area contributed by atoms with E-state index in [1.807, 2.05) is 60.7 Å². The minimum atomic E-state index is -1.28. The zero-order chi connectivity index (χ0) is 43.4. The molecule has 6 amide bonds. The Bertz CT molecular complexity index is 1580. The normalized spacial score (nSPS) is 15.1. The van der Waals surface area contributed by atoms with Gasteiger partial charge in [0.1, 0.15) is 42.5 Å². The molecule has 0 saturated carbocycles. The molecule has 2 aromatic carbocycles. The second-order valence-corrected chi connectivity index (χ2v) is 15.7. The van der Waals surface area contributed by atoms with Gasteiger partial charge in [0.25, 0.3) is 5.91 Å². The molecule has 0 spiro atoms. The quantitative estimate of drug-likeness (QED) is 0.101. The fourth-order valence-corrected chi connectivity index (χ4v) is 5.47. The van der Waals surface area contributed by atoms with Gasteiger partial charge in [-0.25, -0.2) is 24.0 Å². The third-order valence-corrected chi connectivity index (χ3v) is 8.20. The van der Waals surface area contributed by atoms with Crippen LogP contribution in [0.25, 0.3) is 0 Å². The number of hydroxylamine groups is 2. The molecule has 18 nitrogen and oxygen atoms in total. The first-order valence-electron chi connectivity index (χ1n) is 19.6. The van der Waals surface area contributed by atoms with Gasteiger partial charge < -0.3 is 50.4 Å². The average Bonchev–Trinajstić information content (AvgIpc) is 3.16. The summed E-state index contributed by atoms with van der Waals surface area (Å²) in [6.07, 6.45) is -2.03. The summed E-state index contributed by atoms with van der Waals surface area (Å²) in [6.45, 7) is 10.3. The van der Waals surface area contributed by atoms with Crippen LogP contribution in [0, 0.1) is 0 Å². The number of nitrogens with zero attached hydrogens (tertiary/aromatic N) is 1. The maximum atomic E-state index is 13.6. The van der Waals surface area contributed by atoms with Crippen molar-refractivity contribution in [2.24, 2.45) is 0 Å². The number of benzene rings is 2. The van der Waals surface area contributed by atoms with Gasteiger partial charge in [0.05, 0.1) is 6.54 Å². The Morgan fingerprint density at radius 2 is 1.14 bits per heavy atom. The molecule has 1 heterocycles. The monoisotopic (exact) mass is 826 g/mol. The van der Waals surface area contributed by atoms with Crippen LogP contribution in [0.3, 0.4) is 0 Å². The Morgan fingerprint density at radius 3 is 1.61 bits per heavy atom. The number of carbonyl (C=O) groups excluding carboxylic acids is 7. The summed E-state index contributed by atoms with van der Waals surface area (Å²) in [5, 5.41) is 13.7. The molecule has 0 radical (unpaired) electrons. The number of alkyl carbamates (subject to hydrolysis) is 4. The highest BCUT2D eigenvalue weighted by Gasteiger charge is 2.36. The molecule has 1 saturated heterocycles. The van der Waals surface area contributed by atoms with E-state index >= 15 is 0 Å². The van der Waals surface area contributed by atoms with E-state index in [4.69, 9.17) is 23.8 Å². The van der Waals surface area contributed by atoms with Gasteiger partial charge in [0, 0.05) is 13.1 Å². The van der Waals surface area contributed by atoms with Gasteiger partial charge in [-0.15, -0.1) is 0 Å². The number of nitrogens with one attached hydrogen (secondary N) is 5. The van der Waals surface area contributed by atoms with Gasteiger partial charge in [0.15, 0.2) is 0 Å². The molecule has 1 aliphatic rings. The van der Waals surface area contributed by atoms with Crippen molar-refractivity contribution in [3.63, 3.8) is 0 Å². The zero-order valence-electron chi connectivity index (χ0n) is 34.6. The fraction of sp³-hybridized carbons (Fsp3) is 0.537. The number of hydrogen-bond donors (Lipinski definition) is 5. The van der Waals surface area contributed by atoms with E-state index in [1.165, 1.54) is 0 Å². The second kappa shape index (κ2) is 23.4. The predicted molar refractivity (Wildman–Crippen MR) is 213 cm³/mol. The van der Waals surface area contributed by atoms with Gasteiger partial charge in [-0.3, -0.25) is 9.59 Å². The van der Waals surface area contributed by atoms with Crippen LogP contribution in [0.5, 0.6) is 0 Å². The largest absolute Gasteiger partial charge is 0.445 e. The van der Waals surface area contributed by atoms with Crippen LogP contribution in [0.15, 0.2) is 60.7 Å². The first kappa shape index (κ1) is 47.3. The molecule has 5 N–H and O–H groups in total. The molecule has 1 aliphatic heterocycles. The van der Waals surface area contributed by atoms with Gasteiger partial charge >= 0.3 is 30.3 Å². The van der Waals surface area contributed by atoms with E-state index < -0.39 is 71.5 Å². The summed E-state index contributed by atoms with van der Waals surface area (Å²) < 4.78 is 21.1. The lowest BCUT2D eigenvalue weighted by Crippen LogP contribution is -2.57. The number of carbonyl (C=O) groups is 7. The van der Waals surface area contributed by atoms with E-state index in [1.54, 1.807) is 41.5 Å². The van der Waals surface area contributed by atoms with E-state index in [0.29, 0.717) is 6.42 Å². The first-order valence-corrected chi connectivity index (χ1v) is 19.6. The third-order valence-electron chi connectivity index (χ3n) is 8.20. The summed E-state index contributed by atoms with van der Waals surface area (Å²) in [7, 11) is 0. The van der Waals surface area contributed by atoms with E-state index in [0.717, 1.165) is 16.2 Å². The summed E-state index contributed by atoms with van der Waals surface area (Å²) in [5.41, 5.74) is -0.119. The van der Waals surface area contributed by atoms with Crippen molar-refractivity contribution in [1.82, 2.24) is 31.6 Å². The molecule has 59 heavy (non-hydrogen) atoms. The fourth-order valence-electron chi connectivity index (χ4n) is 5.47. The maximum absolute atomic E-state index is 13.6. The zero-order valence-corrected chi connectivity index (χ0v) is 34.6. The van der Waals surface area contributed by atoms with E-state index in [-0.39, 0.29) is 65.0 Å². The minimum absolute atomic E-state index is 0.00312. The van der Waals surface area contributed by atoms with Gasteiger partial charge in [-0.05, 0) is 91.2 Å². The van der Waals surface area contributed by atoms with Crippen molar-refractivity contribution in [2.45, 2.75) is 123 Å². The van der Waals surface area contributed by atoms with Crippen molar-refractivity contribution in [3.8, 4) is 0 Å². The highest BCUT2D eigenvalue weighted by atomic mass is 16.7. The molecule has 0 bridgehead atoms. The lowest BCUT2D eigenvalue weighted by atomic mass is 10.0. The van der Waals surface area contributed by atoms with E-state index in [2.05, 4.69) is 26.6 Å². The van der Waals surface area contributed by atoms with Crippen LogP contribution in [0.1, 0.15) is 91.2 Å². The SMILES string of the molecule is CC(C)(C)OC(=O)N[C@@H](CCCNC(=O)OCc1ccccc1)C(=O)N[C@H]1CCCN(OC(=O)[C@@H](CCCNC(=O)OCc2ccccc2)NC(=O)OC(C)(C)C)C1=O. The molecule has 3 rings (SSSR count). The molecular formula is C41H58N6O12. The predicted octanol–water partition coefficient (Wildman–Crippen LogP) is 4.75. The molecule has 3 atom stereocenters. The highest BCUT2D eigenvalue weighted by Crippen LogP contribution is 2.16. The Hall–Kier alpha value is -6.07. The third kappa shape index (κ3) is 19.3. The second-order valence-electron chi connectivity index (χ2n) is 15.7. The molecule has 1 fully saturated rings. The number of hydrogen-bond acceptors (Lipinski definition) is 12. The molecule has 0 aliphatic carbocycles. The van der Waals surface area contributed by atoms with Crippen LogP contribution >= 0.6 is 0 Å². The summed E-state index contributed by atoms with van der Waals surface area (Å²) in [6, 6.07) is 14.7. The van der Waals surface area contributed by atoms with Crippen LogP contribution in [-0.2, 0) is 51.4 Å². The van der Waals surface area contributed by atoms with Crippen molar-refractivity contribution in [1.29, 1.82) is 0 Å².